The van der Waals surface area contributed by atoms with E-state index in [1.54, 1.807) is 6.26 Å². The second-order valence-corrected chi connectivity index (χ2v) is 8.87. The van der Waals surface area contributed by atoms with E-state index >= 15 is 0 Å². The highest BCUT2D eigenvalue weighted by molar-refractivity contribution is 7.98. The van der Waals surface area contributed by atoms with Crippen LogP contribution in [0.2, 0.25) is 0 Å². The number of guanidine groups is 1. The Labute approximate surface area is 217 Å². The number of carboxylic acid groups (broad SMARTS) is 3. The standard InChI is InChI=1S/C20H35N7O9S/c1-37-8-6-11(17(33)26-12(19(35)36)3-2-7-24-20(22)23)25-18(34)13(9-15(30)31)27-16(32)10(21)4-5-14(28)29/h10-13H,2-9,21H2,1H3,(H,25,34)(H,26,33)(H,27,32)(H,28,29)(H,30,31)(H,35,36)(H4,22,23,24). The number of hydrogen-bond donors (Lipinski definition) is 9. The number of carbonyl (C=O) groups excluding carboxylic acids is 3. The van der Waals surface area contributed by atoms with E-state index in [9.17, 15) is 33.9 Å². The highest BCUT2D eigenvalue weighted by atomic mass is 32.2. The molecule has 17 heteroatoms. The van der Waals surface area contributed by atoms with Gasteiger partial charge in [0.15, 0.2) is 5.96 Å². The largest absolute Gasteiger partial charge is 0.481 e. The van der Waals surface area contributed by atoms with Gasteiger partial charge in [0.1, 0.15) is 18.1 Å². The lowest BCUT2D eigenvalue weighted by Gasteiger charge is -2.24. The predicted octanol–water partition coefficient (Wildman–Crippen LogP) is -3.00. The lowest BCUT2D eigenvalue weighted by Crippen LogP contribution is -2.57. The van der Waals surface area contributed by atoms with Crippen LogP contribution >= 0.6 is 11.8 Å². The van der Waals surface area contributed by atoms with Gasteiger partial charge in [-0.3, -0.25) is 29.0 Å². The van der Waals surface area contributed by atoms with Crippen LogP contribution < -0.4 is 33.2 Å². The number of thioether (sulfide) groups is 1. The summed E-state index contributed by atoms with van der Waals surface area (Å²) in [4.78, 5) is 75.1. The van der Waals surface area contributed by atoms with Crippen molar-refractivity contribution in [3.63, 3.8) is 0 Å². The van der Waals surface area contributed by atoms with Gasteiger partial charge in [-0.25, -0.2) is 4.79 Å². The lowest BCUT2D eigenvalue weighted by atomic mass is 10.1. The molecular weight excluding hydrogens is 514 g/mol. The Kier molecular flexibility index (Phi) is 16.0. The van der Waals surface area contributed by atoms with Crippen LogP contribution in [0, 0.1) is 0 Å². The van der Waals surface area contributed by atoms with Crippen molar-refractivity contribution < 1.29 is 44.1 Å². The van der Waals surface area contributed by atoms with Crippen molar-refractivity contribution in [2.24, 2.45) is 22.2 Å². The molecule has 16 nitrogen and oxygen atoms in total. The summed E-state index contributed by atoms with van der Waals surface area (Å²) in [5.74, 6) is -6.51. The van der Waals surface area contributed by atoms with Crippen molar-refractivity contribution in [1.29, 1.82) is 0 Å². The molecule has 210 valence electrons. The zero-order chi connectivity index (χ0) is 28.5. The van der Waals surface area contributed by atoms with Gasteiger partial charge >= 0.3 is 17.9 Å². The first kappa shape index (κ1) is 33.4. The van der Waals surface area contributed by atoms with Gasteiger partial charge in [0.05, 0.1) is 12.5 Å². The zero-order valence-corrected chi connectivity index (χ0v) is 21.2. The highest BCUT2D eigenvalue weighted by Crippen LogP contribution is 2.06. The molecule has 0 bridgehead atoms. The Bertz CT molecular complexity index is 852. The quantitative estimate of drug-likeness (QED) is 0.0441. The number of nitrogens with zero attached hydrogens (tertiary/aromatic N) is 1. The SMILES string of the molecule is CSCCC(NC(=O)C(CC(=O)O)NC(=O)C(N)CCC(=O)O)C(=O)NC(CCCN=C(N)N)C(=O)O. The number of aliphatic carboxylic acids is 3. The molecule has 12 N–H and O–H groups in total. The van der Waals surface area contributed by atoms with Gasteiger partial charge in [0.2, 0.25) is 17.7 Å². The smallest absolute Gasteiger partial charge is 0.326 e. The summed E-state index contributed by atoms with van der Waals surface area (Å²) in [5, 5.41) is 34.1. The third kappa shape index (κ3) is 15.2. The molecule has 37 heavy (non-hydrogen) atoms. The van der Waals surface area contributed by atoms with Gasteiger partial charge in [-0.05, 0) is 37.7 Å². The van der Waals surface area contributed by atoms with E-state index in [-0.39, 0.29) is 38.2 Å². The molecule has 0 rings (SSSR count). The fourth-order valence-corrected chi connectivity index (χ4v) is 3.35. The summed E-state index contributed by atoms with van der Waals surface area (Å²) in [6.07, 6.45) is 0.540. The van der Waals surface area contributed by atoms with Crippen LogP contribution in [0.5, 0.6) is 0 Å². The third-order valence-electron chi connectivity index (χ3n) is 4.82. The van der Waals surface area contributed by atoms with E-state index in [1.807, 2.05) is 0 Å². The van der Waals surface area contributed by atoms with Crippen LogP contribution in [0.15, 0.2) is 4.99 Å². The molecule has 0 aliphatic carbocycles. The molecule has 0 saturated carbocycles. The van der Waals surface area contributed by atoms with Crippen LogP contribution in [-0.2, 0) is 28.8 Å². The summed E-state index contributed by atoms with van der Waals surface area (Å²) >= 11 is 1.35. The number of hydrogen-bond acceptors (Lipinski definition) is 9. The van der Waals surface area contributed by atoms with Crippen LogP contribution in [0.4, 0.5) is 0 Å². The second kappa shape index (κ2) is 17.8. The number of nitrogens with two attached hydrogens (primary N) is 3. The summed E-state index contributed by atoms with van der Waals surface area (Å²) in [6, 6.07) is -5.49. The molecule has 0 aromatic carbocycles. The molecule has 0 aromatic heterocycles. The number of aliphatic imine (C=N–C) groups is 1. The van der Waals surface area contributed by atoms with E-state index in [1.165, 1.54) is 11.8 Å². The summed E-state index contributed by atoms with van der Waals surface area (Å²) in [6.45, 7) is 0.139. The molecule has 4 unspecified atom stereocenters. The van der Waals surface area contributed by atoms with Crippen LogP contribution in [-0.4, -0.2) is 99.6 Å². The maximum Gasteiger partial charge on any atom is 0.326 e. The predicted molar refractivity (Wildman–Crippen MR) is 133 cm³/mol. The van der Waals surface area contributed by atoms with Gasteiger partial charge in [0.25, 0.3) is 0 Å². The van der Waals surface area contributed by atoms with Gasteiger partial charge in [-0.1, -0.05) is 0 Å². The fourth-order valence-electron chi connectivity index (χ4n) is 2.88. The summed E-state index contributed by atoms with van der Waals surface area (Å²) in [7, 11) is 0. The number of nitrogens with one attached hydrogen (secondary N) is 3. The molecule has 4 atom stereocenters. The first-order chi connectivity index (χ1) is 17.3. The minimum absolute atomic E-state index is 0.00697. The summed E-state index contributed by atoms with van der Waals surface area (Å²) in [5.41, 5.74) is 16.0. The summed E-state index contributed by atoms with van der Waals surface area (Å²) < 4.78 is 0. The number of rotatable bonds is 19. The van der Waals surface area contributed by atoms with Gasteiger partial charge < -0.3 is 48.5 Å². The molecule has 0 aromatic rings. The van der Waals surface area contributed by atoms with Gasteiger partial charge in [-0.2, -0.15) is 11.8 Å². The van der Waals surface area contributed by atoms with Crippen molar-refractivity contribution in [3.8, 4) is 0 Å². The van der Waals surface area contributed by atoms with E-state index < -0.39 is 72.6 Å². The molecule has 0 aliphatic rings. The van der Waals surface area contributed by atoms with Crippen LogP contribution in [0.3, 0.4) is 0 Å². The zero-order valence-electron chi connectivity index (χ0n) is 20.3. The van der Waals surface area contributed by atoms with Crippen LogP contribution in [0.1, 0.15) is 38.5 Å². The third-order valence-corrected chi connectivity index (χ3v) is 5.47. The van der Waals surface area contributed by atoms with Gasteiger partial charge in [-0.15, -0.1) is 0 Å². The van der Waals surface area contributed by atoms with Crippen molar-refractivity contribution in [2.75, 3.05) is 18.6 Å². The Hall–Kier alpha value is -3.60. The Balaban J connectivity index is 5.44. The van der Waals surface area contributed by atoms with E-state index in [2.05, 4.69) is 20.9 Å². The average Bonchev–Trinajstić information content (AvgIpc) is 2.80. The van der Waals surface area contributed by atoms with E-state index in [0.29, 0.717) is 5.75 Å². The molecule has 3 amide bonds. The highest BCUT2D eigenvalue weighted by Gasteiger charge is 2.31. The normalized spacial score (nSPS) is 13.8. The first-order valence-corrected chi connectivity index (χ1v) is 12.5. The van der Waals surface area contributed by atoms with Crippen LogP contribution in [0.25, 0.3) is 0 Å². The molecular formula is C20H35N7O9S. The van der Waals surface area contributed by atoms with E-state index in [4.69, 9.17) is 27.4 Å². The topological polar surface area (TPSA) is 290 Å². The second-order valence-electron chi connectivity index (χ2n) is 7.89. The lowest BCUT2D eigenvalue weighted by molar-refractivity contribution is -0.143. The Morgan fingerprint density at radius 2 is 1.38 bits per heavy atom. The molecule has 0 aliphatic heterocycles. The van der Waals surface area contributed by atoms with E-state index in [0.717, 1.165) is 0 Å². The van der Waals surface area contributed by atoms with Crippen molar-refractivity contribution in [1.82, 2.24) is 16.0 Å². The molecule has 0 radical (unpaired) electrons. The Morgan fingerprint density at radius 3 is 1.89 bits per heavy atom. The number of carbonyl (C=O) groups is 6. The average molecular weight is 550 g/mol. The molecule has 0 spiro atoms. The minimum atomic E-state index is -1.62. The Morgan fingerprint density at radius 1 is 0.811 bits per heavy atom. The maximum atomic E-state index is 12.8. The molecule has 0 fully saturated rings. The van der Waals surface area contributed by atoms with Crippen molar-refractivity contribution >= 4 is 53.4 Å². The van der Waals surface area contributed by atoms with Gasteiger partial charge in [0, 0.05) is 13.0 Å². The first-order valence-electron chi connectivity index (χ1n) is 11.2. The maximum absolute atomic E-state index is 12.8. The minimum Gasteiger partial charge on any atom is -0.481 e. The van der Waals surface area contributed by atoms with Crippen molar-refractivity contribution in [3.05, 3.63) is 0 Å². The number of amides is 3. The van der Waals surface area contributed by atoms with Crippen molar-refractivity contribution in [2.45, 2.75) is 62.7 Å². The molecule has 0 saturated heterocycles. The number of carboxylic acids is 3. The monoisotopic (exact) mass is 549 g/mol. The fraction of sp³-hybridized carbons (Fsp3) is 0.650. The molecule has 0 heterocycles.